The minimum absolute atomic E-state index is 0.0310. The number of hydrogen-bond donors (Lipinski definition) is 0. The average Bonchev–Trinajstić information content (AvgIpc) is 2.37. The number of nitrogens with zero attached hydrogens (tertiary/aromatic N) is 2. The van der Waals surface area contributed by atoms with Gasteiger partial charge < -0.3 is 0 Å². The monoisotopic (exact) mass is 302 g/mol. The lowest BCUT2D eigenvalue weighted by Gasteiger charge is -2.09. The fraction of sp³-hybridized carbons (Fsp3) is 0.182. The molecule has 3 nitrogen and oxygen atoms in total. The van der Waals surface area contributed by atoms with E-state index in [-0.39, 0.29) is 5.56 Å². The molecular weight excluding hydrogens is 297 g/mol. The largest absolute Gasteiger partial charge is 0.416 e. The Bertz CT molecular complexity index is 527. The molecule has 0 N–H and O–H groups in total. The number of nitriles is 2. The van der Waals surface area contributed by atoms with Crippen LogP contribution in [-0.4, -0.2) is 10.4 Å². The quantitative estimate of drug-likeness (QED) is 0.482. The third-order valence-corrected chi connectivity index (χ3v) is 3.67. The van der Waals surface area contributed by atoms with Gasteiger partial charge in [-0.3, -0.25) is 4.79 Å². The maximum absolute atomic E-state index is 12.3. The highest BCUT2D eigenvalue weighted by Crippen LogP contribution is 2.30. The van der Waals surface area contributed by atoms with Gasteiger partial charge in [0.25, 0.3) is 0 Å². The molecule has 1 aromatic rings. The molecule has 0 spiro atoms. The van der Waals surface area contributed by atoms with Crippen LogP contribution in [0.5, 0.6) is 0 Å². The highest BCUT2D eigenvalue weighted by atomic mass is 32.2. The van der Waals surface area contributed by atoms with E-state index in [1.807, 2.05) is 0 Å². The molecule has 0 bridgehead atoms. The van der Waals surface area contributed by atoms with Gasteiger partial charge in [-0.1, -0.05) is 12.1 Å². The number of ketones is 1. The van der Waals surface area contributed by atoms with Crippen LogP contribution in [-0.2, 0) is 6.18 Å². The van der Waals surface area contributed by atoms with Crippen molar-refractivity contribution in [3.63, 3.8) is 0 Å². The number of halogens is 3. The van der Waals surface area contributed by atoms with Crippen molar-refractivity contribution < 1.29 is 18.0 Å². The second kappa shape index (κ2) is 6.50. The predicted octanol–water partition coefficient (Wildman–Crippen LogP) is 3.64. The zero-order valence-electron chi connectivity index (χ0n) is 9.14. The molecule has 0 radical (unpaired) electrons. The van der Waals surface area contributed by atoms with Crippen LogP contribution >= 0.6 is 23.5 Å². The summed E-state index contributed by atoms with van der Waals surface area (Å²) in [7, 11) is 0. The lowest BCUT2D eigenvalue weighted by atomic mass is 10.1. The average molecular weight is 302 g/mol. The van der Waals surface area contributed by atoms with Gasteiger partial charge in [-0.05, 0) is 35.7 Å². The number of hydrogen-bond acceptors (Lipinski definition) is 5. The number of carbonyl (C=O) groups excluding carboxylic acids is 1. The minimum atomic E-state index is -4.47. The summed E-state index contributed by atoms with van der Waals surface area (Å²) in [5.74, 6) is -0.563. The Morgan fingerprint density at radius 2 is 1.58 bits per heavy atom. The first kappa shape index (κ1) is 15.4. The van der Waals surface area contributed by atoms with Gasteiger partial charge in [-0.2, -0.15) is 23.7 Å². The van der Waals surface area contributed by atoms with Crippen molar-refractivity contribution in [3.05, 3.63) is 35.4 Å². The lowest BCUT2D eigenvalue weighted by molar-refractivity contribution is -0.137. The Kier molecular flexibility index (Phi) is 5.28. The first-order valence-electron chi connectivity index (χ1n) is 4.71. The molecule has 0 aromatic heterocycles. The standard InChI is InChI=1S/C11H5F3N2OS2/c12-11(13,14)8-3-1-7(2-4-8)9(17)10(18-5-15)19-6-16/h1-4,10H. The third kappa shape index (κ3) is 4.19. The highest BCUT2D eigenvalue weighted by molar-refractivity contribution is 8.22. The Morgan fingerprint density at radius 1 is 1.11 bits per heavy atom. The molecule has 0 saturated heterocycles. The lowest BCUT2D eigenvalue weighted by Crippen LogP contribution is -2.13. The predicted molar refractivity (Wildman–Crippen MR) is 66.0 cm³/mol. The van der Waals surface area contributed by atoms with Gasteiger partial charge in [0.1, 0.15) is 15.4 Å². The second-order valence-corrected chi connectivity index (χ2v) is 5.27. The summed E-state index contributed by atoms with van der Waals surface area (Å²) in [5, 5.41) is 20.4. The number of thioether (sulfide) groups is 2. The fourth-order valence-electron chi connectivity index (χ4n) is 1.19. The van der Waals surface area contributed by atoms with Crippen molar-refractivity contribution in [3.8, 4) is 10.8 Å². The molecule has 0 heterocycles. The molecule has 0 saturated carbocycles. The van der Waals surface area contributed by atoms with Crippen molar-refractivity contribution in [1.29, 1.82) is 10.5 Å². The second-order valence-electron chi connectivity index (χ2n) is 3.19. The molecule has 19 heavy (non-hydrogen) atoms. The smallest absolute Gasteiger partial charge is 0.292 e. The zero-order chi connectivity index (χ0) is 14.5. The number of Topliss-reactive ketones (excluding diaryl/α,β-unsaturated/α-hetero) is 1. The molecule has 0 aliphatic rings. The first-order valence-corrected chi connectivity index (χ1v) is 6.47. The number of alkyl halides is 3. The van der Waals surface area contributed by atoms with E-state index >= 15 is 0 Å². The summed E-state index contributed by atoms with van der Waals surface area (Å²) < 4.78 is 36.1. The highest BCUT2D eigenvalue weighted by Gasteiger charge is 2.30. The van der Waals surface area contributed by atoms with E-state index in [0.29, 0.717) is 23.5 Å². The minimum Gasteiger partial charge on any atom is -0.292 e. The summed E-state index contributed by atoms with van der Waals surface area (Å²) in [4.78, 5) is 11.9. The van der Waals surface area contributed by atoms with Crippen molar-refractivity contribution in [2.24, 2.45) is 0 Å². The molecule has 1 aromatic carbocycles. The molecule has 0 aliphatic heterocycles. The van der Waals surface area contributed by atoms with Gasteiger partial charge in [0.15, 0.2) is 5.78 Å². The van der Waals surface area contributed by atoms with Crippen LogP contribution in [0.2, 0.25) is 0 Å². The number of benzene rings is 1. The van der Waals surface area contributed by atoms with Gasteiger partial charge in [0.05, 0.1) is 5.56 Å². The van der Waals surface area contributed by atoms with Gasteiger partial charge in [-0.25, -0.2) is 0 Å². The van der Waals surface area contributed by atoms with Crippen molar-refractivity contribution >= 4 is 29.3 Å². The number of thiocyanates is 2. The topological polar surface area (TPSA) is 64.7 Å². The summed E-state index contributed by atoms with van der Waals surface area (Å²) in [5.41, 5.74) is -0.829. The molecule has 0 amide bonds. The molecule has 8 heteroatoms. The van der Waals surface area contributed by atoms with Crippen LogP contribution in [0.1, 0.15) is 15.9 Å². The van der Waals surface area contributed by atoms with Crippen molar-refractivity contribution in [2.45, 2.75) is 10.8 Å². The van der Waals surface area contributed by atoms with Crippen LogP contribution < -0.4 is 0 Å². The first-order chi connectivity index (χ1) is 8.90. The van der Waals surface area contributed by atoms with Crippen LogP contribution in [0.25, 0.3) is 0 Å². The maximum atomic E-state index is 12.3. The van der Waals surface area contributed by atoms with E-state index in [1.54, 1.807) is 10.8 Å². The van der Waals surface area contributed by atoms with Crippen LogP contribution in [0, 0.1) is 21.3 Å². The summed E-state index contributed by atoms with van der Waals surface area (Å²) >= 11 is 1.18. The van der Waals surface area contributed by atoms with Crippen molar-refractivity contribution in [1.82, 2.24) is 0 Å². The molecule has 98 valence electrons. The van der Waals surface area contributed by atoms with Crippen LogP contribution in [0.3, 0.4) is 0 Å². The molecule has 0 fully saturated rings. The van der Waals surface area contributed by atoms with E-state index in [9.17, 15) is 18.0 Å². The van der Waals surface area contributed by atoms with Gasteiger partial charge in [0, 0.05) is 5.56 Å². The Hall–Kier alpha value is -1.64. The molecular formula is C11H5F3N2OS2. The maximum Gasteiger partial charge on any atom is 0.416 e. The summed E-state index contributed by atoms with van der Waals surface area (Å²) in [6.07, 6.45) is -4.47. The van der Waals surface area contributed by atoms with E-state index in [1.165, 1.54) is 0 Å². The summed E-state index contributed by atoms with van der Waals surface area (Å²) in [6, 6.07) is 3.65. The van der Waals surface area contributed by atoms with E-state index in [2.05, 4.69) is 0 Å². The van der Waals surface area contributed by atoms with Gasteiger partial charge >= 0.3 is 6.18 Å². The van der Waals surface area contributed by atoms with Crippen LogP contribution in [0.4, 0.5) is 13.2 Å². The fourth-order valence-corrected chi connectivity index (χ4v) is 2.31. The van der Waals surface area contributed by atoms with Gasteiger partial charge in [0.2, 0.25) is 0 Å². The van der Waals surface area contributed by atoms with Gasteiger partial charge in [-0.15, -0.1) is 0 Å². The SMILES string of the molecule is N#CSC(SC#N)C(=O)c1ccc(C(F)(F)F)cc1. The van der Waals surface area contributed by atoms with E-state index < -0.39 is 22.1 Å². The van der Waals surface area contributed by atoms with E-state index in [4.69, 9.17) is 10.5 Å². The van der Waals surface area contributed by atoms with Crippen LogP contribution in [0.15, 0.2) is 24.3 Å². The Morgan fingerprint density at radius 3 is 1.95 bits per heavy atom. The Labute approximate surface area is 115 Å². The normalized spacial score (nSPS) is 10.8. The molecule has 0 aliphatic carbocycles. The number of carbonyl (C=O) groups is 1. The molecule has 0 atom stereocenters. The molecule has 1 rings (SSSR count). The van der Waals surface area contributed by atoms with Crippen molar-refractivity contribution in [2.75, 3.05) is 0 Å². The zero-order valence-corrected chi connectivity index (χ0v) is 10.8. The number of rotatable bonds is 4. The third-order valence-electron chi connectivity index (χ3n) is 2.03. The molecule has 0 unspecified atom stereocenters. The Balaban J connectivity index is 2.95. The summed E-state index contributed by atoms with van der Waals surface area (Å²) in [6.45, 7) is 0. The van der Waals surface area contributed by atoms with E-state index in [0.717, 1.165) is 24.3 Å².